The van der Waals surface area contributed by atoms with E-state index in [1.165, 1.54) is 5.56 Å². The molecule has 3 amide bonds. The molecule has 1 saturated heterocycles. The number of hydrogen-bond acceptors (Lipinski definition) is 4. The molecular weight excluding hydrogens is 342 g/mol. The highest BCUT2D eigenvalue weighted by Gasteiger charge is 2.22. The first-order valence-electron chi connectivity index (χ1n) is 9.11. The molecule has 7 heteroatoms. The van der Waals surface area contributed by atoms with Crippen molar-refractivity contribution in [3.8, 4) is 0 Å². The Hall–Kier alpha value is -2.93. The van der Waals surface area contributed by atoms with Crippen molar-refractivity contribution in [3.05, 3.63) is 59.9 Å². The summed E-state index contributed by atoms with van der Waals surface area (Å²) in [5.41, 5.74) is 2.67. The van der Waals surface area contributed by atoms with Gasteiger partial charge in [0.2, 0.25) is 5.91 Å². The highest BCUT2D eigenvalue weighted by atomic mass is 16.2. The Morgan fingerprint density at radius 3 is 2.56 bits per heavy atom. The molecule has 1 aliphatic heterocycles. The van der Waals surface area contributed by atoms with Crippen molar-refractivity contribution in [1.82, 2.24) is 20.1 Å². The van der Waals surface area contributed by atoms with Gasteiger partial charge in [-0.05, 0) is 23.3 Å². The predicted octanol–water partition coefficient (Wildman–Crippen LogP) is 1.72. The van der Waals surface area contributed by atoms with Crippen LogP contribution < -0.4 is 10.6 Å². The van der Waals surface area contributed by atoms with E-state index < -0.39 is 0 Å². The summed E-state index contributed by atoms with van der Waals surface area (Å²) in [6.07, 6.45) is 3.89. The number of pyridine rings is 1. The van der Waals surface area contributed by atoms with Gasteiger partial charge in [-0.25, -0.2) is 4.79 Å². The van der Waals surface area contributed by atoms with Gasteiger partial charge in [-0.2, -0.15) is 0 Å². The third kappa shape index (κ3) is 5.27. The maximum Gasteiger partial charge on any atom is 0.321 e. The number of para-hydroxylation sites is 1. The van der Waals surface area contributed by atoms with Gasteiger partial charge < -0.3 is 15.5 Å². The van der Waals surface area contributed by atoms with Crippen LogP contribution >= 0.6 is 0 Å². The van der Waals surface area contributed by atoms with Gasteiger partial charge in [-0.15, -0.1) is 0 Å². The van der Waals surface area contributed by atoms with E-state index in [1.54, 1.807) is 13.2 Å². The number of carbonyl (C=O) groups is 2. The van der Waals surface area contributed by atoms with Crippen molar-refractivity contribution >= 4 is 17.6 Å². The van der Waals surface area contributed by atoms with Crippen molar-refractivity contribution in [2.75, 3.05) is 38.5 Å². The zero-order chi connectivity index (χ0) is 19.1. The van der Waals surface area contributed by atoms with Crippen LogP contribution in [-0.4, -0.2) is 59.9 Å². The average molecular weight is 367 g/mol. The van der Waals surface area contributed by atoms with Crippen molar-refractivity contribution in [1.29, 1.82) is 0 Å². The van der Waals surface area contributed by atoms with Crippen molar-refractivity contribution in [3.63, 3.8) is 0 Å². The van der Waals surface area contributed by atoms with Gasteiger partial charge in [-0.3, -0.25) is 14.7 Å². The number of benzene rings is 1. The lowest BCUT2D eigenvalue weighted by Crippen LogP contribution is -2.49. The molecule has 7 nitrogen and oxygen atoms in total. The van der Waals surface area contributed by atoms with Crippen LogP contribution in [0.2, 0.25) is 0 Å². The van der Waals surface area contributed by atoms with Crippen molar-refractivity contribution in [2.45, 2.75) is 13.0 Å². The molecule has 0 atom stereocenters. The van der Waals surface area contributed by atoms with E-state index in [2.05, 4.69) is 26.6 Å². The molecule has 142 valence electrons. The lowest BCUT2D eigenvalue weighted by Gasteiger charge is -2.34. The van der Waals surface area contributed by atoms with Crippen LogP contribution in [0.1, 0.15) is 11.1 Å². The molecule has 0 saturated carbocycles. The molecule has 1 aromatic heterocycles. The summed E-state index contributed by atoms with van der Waals surface area (Å²) in [6.45, 7) is 3.83. The molecule has 0 radical (unpaired) electrons. The Labute approximate surface area is 159 Å². The topological polar surface area (TPSA) is 77.6 Å². The number of nitrogens with zero attached hydrogens (tertiary/aromatic N) is 3. The molecule has 2 aromatic rings. The first kappa shape index (κ1) is 18.8. The lowest BCUT2D eigenvalue weighted by atomic mass is 10.1. The molecule has 1 aromatic carbocycles. The molecule has 0 spiro atoms. The minimum absolute atomic E-state index is 0.0827. The Morgan fingerprint density at radius 1 is 1.07 bits per heavy atom. The smallest absolute Gasteiger partial charge is 0.321 e. The highest BCUT2D eigenvalue weighted by Crippen LogP contribution is 2.17. The SMILES string of the molecule is CNC(=O)Cc1ccccc1NC(=O)N1CCN(Cc2cccnc2)CC1. The number of likely N-dealkylation sites (N-methyl/N-ethyl adjacent to an activating group) is 1. The summed E-state index contributed by atoms with van der Waals surface area (Å²) in [5.74, 6) is -0.0827. The molecule has 1 aliphatic rings. The van der Waals surface area contributed by atoms with Crippen LogP contribution in [0.5, 0.6) is 0 Å². The van der Waals surface area contributed by atoms with Crippen LogP contribution in [0.25, 0.3) is 0 Å². The Balaban J connectivity index is 1.53. The lowest BCUT2D eigenvalue weighted by molar-refractivity contribution is -0.119. The molecule has 3 rings (SSSR count). The highest BCUT2D eigenvalue weighted by molar-refractivity contribution is 5.91. The van der Waals surface area contributed by atoms with Crippen molar-refractivity contribution in [2.24, 2.45) is 0 Å². The van der Waals surface area contributed by atoms with Crippen LogP contribution in [0, 0.1) is 0 Å². The fraction of sp³-hybridized carbons (Fsp3) is 0.350. The molecular formula is C20H25N5O2. The maximum atomic E-state index is 12.6. The van der Waals surface area contributed by atoms with Crippen molar-refractivity contribution < 1.29 is 9.59 Å². The van der Waals surface area contributed by atoms with E-state index in [0.29, 0.717) is 18.8 Å². The summed E-state index contributed by atoms with van der Waals surface area (Å²) >= 11 is 0. The standard InChI is InChI=1S/C20H25N5O2/c1-21-19(26)13-17-6-2-3-7-18(17)23-20(27)25-11-9-24(10-12-25)15-16-5-4-8-22-14-16/h2-8,14H,9-13,15H2,1H3,(H,21,26)(H,23,27). The number of hydrogen-bond donors (Lipinski definition) is 2. The monoisotopic (exact) mass is 367 g/mol. The normalized spacial score (nSPS) is 14.6. The van der Waals surface area contributed by atoms with Crippen LogP contribution in [-0.2, 0) is 17.8 Å². The third-order valence-corrected chi connectivity index (χ3v) is 4.68. The number of nitrogens with one attached hydrogen (secondary N) is 2. The number of anilines is 1. The van der Waals surface area contributed by atoms with Gasteiger partial charge in [0.15, 0.2) is 0 Å². The van der Waals surface area contributed by atoms with E-state index in [1.807, 2.05) is 41.4 Å². The molecule has 0 bridgehead atoms. The summed E-state index contributed by atoms with van der Waals surface area (Å²) in [7, 11) is 1.61. The van der Waals surface area contributed by atoms with E-state index in [-0.39, 0.29) is 18.4 Å². The Morgan fingerprint density at radius 2 is 1.85 bits per heavy atom. The molecule has 2 heterocycles. The van der Waals surface area contributed by atoms with Gasteiger partial charge in [0.05, 0.1) is 6.42 Å². The number of amides is 3. The minimum atomic E-state index is -0.125. The third-order valence-electron chi connectivity index (χ3n) is 4.68. The number of aromatic nitrogens is 1. The fourth-order valence-corrected chi connectivity index (χ4v) is 3.11. The second-order valence-electron chi connectivity index (χ2n) is 6.56. The number of rotatable bonds is 5. The van der Waals surface area contributed by atoms with Gasteiger partial charge in [-0.1, -0.05) is 24.3 Å². The summed E-state index contributed by atoms with van der Waals surface area (Å²) in [6, 6.07) is 11.3. The zero-order valence-corrected chi connectivity index (χ0v) is 15.5. The maximum absolute atomic E-state index is 12.6. The summed E-state index contributed by atoms with van der Waals surface area (Å²) < 4.78 is 0. The van der Waals surface area contributed by atoms with Crippen LogP contribution in [0.3, 0.4) is 0 Å². The largest absolute Gasteiger partial charge is 0.359 e. The molecule has 0 unspecified atom stereocenters. The van der Waals surface area contributed by atoms with E-state index in [4.69, 9.17) is 0 Å². The first-order chi connectivity index (χ1) is 13.2. The predicted molar refractivity (Wildman–Crippen MR) is 104 cm³/mol. The second-order valence-corrected chi connectivity index (χ2v) is 6.56. The van der Waals surface area contributed by atoms with Gasteiger partial charge in [0.25, 0.3) is 0 Å². The van der Waals surface area contributed by atoms with Crippen LogP contribution in [0.4, 0.5) is 10.5 Å². The number of urea groups is 1. The first-order valence-corrected chi connectivity index (χ1v) is 9.11. The molecule has 0 aliphatic carbocycles. The Kier molecular flexibility index (Phi) is 6.38. The van der Waals surface area contributed by atoms with E-state index >= 15 is 0 Å². The quantitative estimate of drug-likeness (QED) is 0.844. The van der Waals surface area contributed by atoms with Gasteiger partial charge >= 0.3 is 6.03 Å². The van der Waals surface area contributed by atoms with Gasteiger partial charge in [0.1, 0.15) is 0 Å². The summed E-state index contributed by atoms with van der Waals surface area (Å²) in [5, 5.41) is 5.56. The number of piperazine rings is 1. The fourth-order valence-electron chi connectivity index (χ4n) is 3.11. The number of carbonyl (C=O) groups excluding carboxylic acids is 2. The average Bonchev–Trinajstić information content (AvgIpc) is 2.70. The zero-order valence-electron chi connectivity index (χ0n) is 15.5. The van der Waals surface area contributed by atoms with Gasteiger partial charge in [0, 0.05) is 57.9 Å². The molecule has 2 N–H and O–H groups in total. The second kappa shape index (κ2) is 9.14. The minimum Gasteiger partial charge on any atom is -0.359 e. The molecule has 27 heavy (non-hydrogen) atoms. The van der Waals surface area contributed by atoms with Crippen LogP contribution in [0.15, 0.2) is 48.8 Å². The van der Waals surface area contributed by atoms with E-state index in [9.17, 15) is 9.59 Å². The summed E-state index contributed by atoms with van der Waals surface area (Å²) in [4.78, 5) is 32.6. The van der Waals surface area contributed by atoms with E-state index in [0.717, 1.165) is 25.2 Å². The molecule has 1 fully saturated rings. The Bertz CT molecular complexity index is 773.